The molecule has 0 bridgehead atoms. The number of H-pyrrole nitrogens is 1. The molecule has 2 aromatic carbocycles. The van der Waals surface area contributed by atoms with E-state index in [2.05, 4.69) is 29.7 Å². The number of likely N-dealkylation sites (tertiary alicyclic amines) is 2. The summed E-state index contributed by atoms with van der Waals surface area (Å²) in [6.45, 7) is 7.88. The Morgan fingerprint density at radius 1 is 0.892 bits per heavy atom. The van der Waals surface area contributed by atoms with Crippen LogP contribution in [0.2, 0.25) is 0 Å². The second-order valence-corrected chi connectivity index (χ2v) is 18.4. The molecule has 2 N–H and O–H groups in total. The lowest BCUT2D eigenvalue weighted by Crippen LogP contribution is -2.56. The molecule has 1 saturated carbocycles. The zero-order valence-corrected chi connectivity index (χ0v) is 37.2. The lowest BCUT2D eigenvalue weighted by atomic mass is 9.84. The molecule has 15 nitrogen and oxygen atoms in total. The first-order chi connectivity index (χ1) is 31.0. The number of imidazole rings is 1. The Bertz CT molecular complexity index is 2300. The van der Waals surface area contributed by atoms with Gasteiger partial charge in [0.2, 0.25) is 11.8 Å². The van der Waals surface area contributed by atoms with Crippen molar-refractivity contribution in [3.8, 4) is 28.1 Å². The van der Waals surface area contributed by atoms with Gasteiger partial charge >= 0.3 is 18.5 Å². The highest BCUT2D eigenvalue weighted by atomic mass is 19.4. The van der Waals surface area contributed by atoms with Crippen LogP contribution in [0.25, 0.3) is 28.0 Å². The van der Waals surface area contributed by atoms with Crippen LogP contribution >= 0.6 is 0 Å². The molecule has 5 unspecified atom stereocenters. The van der Waals surface area contributed by atoms with Crippen LogP contribution in [0.4, 0.5) is 22.8 Å². The van der Waals surface area contributed by atoms with Crippen molar-refractivity contribution in [2.24, 2.45) is 10.9 Å². The third kappa shape index (κ3) is 10.5. The predicted molar refractivity (Wildman–Crippen MR) is 235 cm³/mol. The number of nitrogens with zero attached hydrogens (tertiary/aromatic N) is 6. The van der Waals surface area contributed by atoms with E-state index in [1.54, 1.807) is 79.4 Å². The fourth-order valence-electron chi connectivity index (χ4n) is 9.97. The van der Waals surface area contributed by atoms with Crippen molar-refractivity contribution in [3.05, 3.63) is 66.1 Å². The van der Waals surface area contributed by atoms with Crippen LogP contribution in [0.15, 0.2) is 59.7 Å². The molecule has 5 heterocycles. The topological polar surface area (TPSA) is 162 Å². The molecule has 18 heteroatoms. The number of fused-ring (bicyclic) bond motifs is 1. The summed E-state index contributed by atoms with van der Waals surface area (Å²) in [5.41, 5.74) is 2.77. The van der Waals surface area contributed by atoms with E-state index in [0.717, 1.165) is 44.1 Å². The largest absolute Gasteiger partial charge is 0.573 e. The summed E-state index contributed by atoms with van der Waals surface area (Å²) < 4.78 is 56.4. The van der Waals surface area contributed by atoms with E-state index in [4.69, 9.17) is 9.73 Å². The second-order valence-electron chi connectivity index (χ2n) is 18.4. The van der Waals surface area contributed by atoms with Gasteiger partial charge < -0.3 is 34.3 Å². The average Bonchev–Trinajstić information content (AvgIpc) is 4.07. The van der Waals surface area contributed by atoms with E-state index in [9.17, 15) is 32.3 Å². The summed E-state index contributed by atoms with van der Waals surface area (Å²) >= 11 is 0. The Labute approximate surface area is 376 Å². The van der Waals surface area contributed by atoms with Gasteiger partial charge in [-0.05, 0) is 87.1 Å². The molecule has 4 amide bonds. The summed E-state index contributed by atoms with van der Waals surface area (Å²) in [5.74, 6) is 0.351. The third-order valence-electron chi connectivity index (χ3n) is 13.1. The molecule has 1 aromatic heterocycles. The number of rotatable bonds is 9. The monoisotopic (exact) mass is 902 g/mol. The SMILES string of the molecule is COC(=O)NCC(=O)N1C(c2ncc(-c3ccc(-c4ccc(C5=CCC(N6CCN(C(=O)C7CCCN7C(=O)OC(C)(C)C)CC6)N=C5)cc4OC(F)(F)F)cc3)[nH]2)CC2CCCCC21. The number of aromatic amines is 1. The number of aromatic nitrogens is 2. The van der Waals surface area contributed by atoms with Crippen LogP contribution < -0.4 is 10.1 Å². The molecule has 0 radical (unpaired) electrons. The average molecular weight is 903 g/mol. The minimum absolute atomic E-state index is 0.0576. The number of methoxy groups -OCH3 is 1. The molecule has 3 aromatic rings. The first-order valence-corrected chi connectivity index (χ1v) is 22.5. The molecule has 65 heavy (non-hydrogen) atoms. The number of carbonyl (C=O) groups excluding carboxylic acids is 4. The van der Waals surface area contributed by atoms with E-state index in [0.29, 0.717) is 79.7 Å². The number of carbonyl (C=O) groups is 4. The lowest BCUT2D eigenvalue weighted by Gasteiger charge is -2.40. The van der Waals surface area contributed by atoms with Crippen LogP contribution in [0.1, 0.15) is 89.6 Å². The van der Waals surface area contributed by atoms with E-state index in [1.165, 1.54) is 13.2 Å². The Morgan fingerprint density at radius 3 is 2.31 bits per heavy atom. The number of piperazine rings is 1. The number of alkyl halides is 3. The molecule has 3 saturated heterocycles. The number of aliphatic imine (C=N–C) groups is 1. The van der Waals surface area contributed by atoms with Crippen molar-refractivity contribution in [2.45, 2.75) is 108 Å². The first kappa shape index (κ1) is 45.7. The van der Waals surface area contributed by atoms with Gasteiger partial charge in [0.15, 0.2) is 0 Å². The molecular weight excluding hydrogens is 846 g/mol. The minimum Gasteiger partial charge on any atom is -0.453 e. The van der Waals surface area contributed by atoms with E-state index in [-0.39, 0.29) is 47.9 Å². The maximum absolute atomic E-state index is 13.9. The van der Waals surface area contributed by atoms with Gasteiger partial charge in [-0.3, -0.25) is 24.4 Å². The highest BCUT2D eigenvalue weighted by Crippen LogP contribution is 2.46. The van der Waals surface area contributed by atoms with Gasteiger partial charge in [0.25, 0.3) is 0 Å². The van der Waals surface area contributed by atoms with Crippen molar-refractivity contribution in [1.82, 2.24) is 34.9 Å². The van der Waals surface area contributed by atoms with Crippen molar-refractivity contribution in [2.75, 3.05) is 46.4 Å². The number of nitrogens with one attached hydrogen (secondary N) is 2. The molecule has 4 fully saturated rings. The fourth-order valence-corrected chi connectivity index (χ4v) is 9.97. The van der Waals surface area contributed by atoms with Crippen LogP contribution in [-0.4, -0.2) is 136 Å². The summed E-state index contributed by atoms with van der Waals surface area (Å²) in [7, 11) is 1.25. The van der Waals surface area contributed by atoms with Gasteiger partial charge in [0.1, 0.15) is 35.9 Å². The molecule has 5 atom stereocenters. The van der Waals surface area contributed by atoms with Crippen molar-refractivity contribution >= 4 is 35.8 Å². The maximum atomic E-state index is 13.9. The van der Waals surface area contributed by atoms with Gasteiger partial charge in [-0.1, -0.05) is 55.3 Å². The van der Waals surface area contributed by atoms with Crippen LogP contribution in [-0.2, 0) is 19.1 Å². The van der Waals surface area contributed by atoms with Crippen LogP contribution in [0, 0.1) is 5.92 Å². The van der Waals surface area contributed by atoms with Crippen molar-refractivity contribution in [3.63, 3.8) is 0 Å². The van der Waals surface area contributed by atoms with Crippen LogP contribution in [0.3, 0.4) is 0 Å². The molecule has 0 spiro atoms. The van der Waals surface area contributed by atoms with Gasteiger partial charge in [-0.2, -0.15) is 0 Å². The molecule has 348 valence electrons. The minimum atomic E-state index is -4.93. The predicted octanol–water partition coefficient (Wildman–Crippen LogP) is 7.56. The Hall–Kier alpha value is -5.91. The number of ether oxygens (including phenoxy) is 3. The second kappa shape index (κ2) is 18.9. The maximum Gasteiger partial charge on any atom is 0.573 e. The standard InChI is InChI=1S/C47H57F3N8O7/c1-46(2,3)65-45(62)57-19-7-10-37(57)43(60)56-22-20-55(21-23-56)40-18-16-33(26-51-40)31-15-17-34(39(25-31)64-47(48,49)50)29-11-13-30(14-12-29)35-27-52-42(54-35)38-24-32-8-5-6-9-36(32)58(38)41(59)28-53-44(61)63-4/h11-17,25-27,32,36-38,40H,5-10,18-24,28H2,1-4H3,(H,52,54)(H,53,61). The van der Waals surface area contributed by atoms with Gasteiger partial charge in [0, 0.05) is 57.0 Å². The van der Waals surface area contributed by atoms with E-state index in [1.807, 2.05) is 11.0 Å². The summed E-state index contributed by atoms with van der Waals surface area (Å²) in [5, 5.41) is 2.51. The third-order valence-corrected chi connectivity index (χ3v) is 13.1. The summed E-state index contributed by atoms with van der Waals surface area (Å²) in [6, 6.07) is 11.1. The number of allylic oxidation sites excluding steroid dienone is 1. The van der Waals surface area contributed by atoms with Gasteiger partial charge in [0.05, 0.1) is 25.0 Å². The Kier molecular flexibility index (Phi) is 13.3. The number of halogens is 3. The molecule has 1 aliphatic carbocycles. The number of hydrogen-bond donors (Lipinski definition) is 2. The highest BCUT2D eigenvalue weighted by molar-refractivity contribution is 6.10. The number of amides is 4. The molecule has 8 rings (SSSR count). The molecule has 4 aliphatic heterocycles. The number of alkyl carbamates (subject to hydrolysis) is 1. The number of benzene rings is 2. The zero-order chi connectivity index (χ0) is 46.0. The number of hydrogen-bond acceptors (Lipinski definition) is 10. The van der Waals surface area contributed by atoms with Gasteiger partial charge in [-0.25, -0.2) is 14.6 Å². The van der Waals surface area contributed by atoms with E-state index < -0.39 is 30.2 Å². The Balaban J connectivity index is 0.910. The lowest BCUT2D eigenvalue weighted by molar-refractivity contribution is -0.274. The number of dihydropyridines is 1. The van der Waals surface area contributed by atoms with Crippen molar-refractivity contribution in [1.29, 1.82) is 0 Å². The van der Waals surface area contributed by atoms with Crippen molar-refractivity contribution < 1.29 is 46.6 Å². The molecule has 5 aliphatic rings. The smallest absolute Gasteiger partial charge is 0.453 e. The molecular formula is C47H57F3N8O7. The summed E-state index contributed by atoms with van der Waals surface area (Å²) in [4.78, 5) is 71.8. The highest BCUT2D eigenvalue weighted by Gasteiger charge is 2.46. The van der Waals surface area contributed by atoms with E-state index >= 15 is 0 Å². The quantitative estimate of drug-likeness (QED) is 0.221. The summed E-state index contributed by atoms with van der Waals surface area (Å²) in [6.07, 6.45) is 5.72. The normalized spacial score (nSPS) is 23.8. The fraction of sp³-hybridized carbons (Fsp3) is 0.532. The van der Waals surface area contributed by atoms with Gasteiger partial charge in [-0.15, -0.1) is 13.2 Å². The zero-order valence-electron chi connectivity index (χ0n) is 37.2. The van der Waals surface area contributed by atoms with Crippen LogP contribution in [0.5, 0.6) is 5.75 Å². The first-order valence-electron chi connectivity index (χ1n) is 22.5. The Morgan fingerprint density at radius 2 is 1.62 bits per heavy atom.